The summed E-state index contributed by atoms with van der Waals surface area (Å²) in [7, 11) is -3.70. The molecule has 3 aromatic heterocycles. The van der Waals surface area contributed by atoms with Crippen LogP contribution in [-0.2, 0) is 30.9 Å². The Morgan fingerprint density at radius 3 is 2.47 bits per heavy atom. The molecule has 16 heteroatoms. The molecule has 1 aliphatic rings. The highest BCUT2D eigenvalue weighted by Gasteiger charge is 2.38. The number of nitrogens with one attached hydrogen (secondary N) is 1. The molecule has 1 saturated heterocycles. The zero-order chi connectivity index (χ0) is 32.9. The minimum absolute atomic E-state index is 0.00204. The summed E-state index contributed by atoms with van der Waals surface area (Å²) in [5.74, 6) is -2.84. The highest BCUT2D eigenvalue weighted by Crippen LogP contribution is 2.37. The van der Waals surface area contributed by atoms with E-state index in [1.807, 2.05) is 51.2 Å². The van der Waals surface area contributed by atoms with Crippen LogP contribution in [0.3, 0.4) is 0 Å². The number of H-pyrrole nitrogens is 1. The van der Waals surface area contributed by atoms with E-state index in [9.17, 15) is 26.4 Å². The van der Waals surface area contributed by atoms with Gasteiger partial charge in [0.1, 0.15) is 9.22 Å². The standard InChI is InChI=1S/C27H32N4O4S3.C2HF3O2/c1-4-35-27(32)19-10-12-30(13-11-19)17-21-16-28-26(37-21)22-15-20-7-5-8-23(25(20)29-22)31(18(2)3)38(33,34)24-9-6-14-36-24;3-2(4,5)1(6)7/h5-9,14-16,18-19,29H,4,10-13,17H2,1-3H3;(H,6,7). The lowest BCUT2D eigenvalue weighted by Crippen LogP contribution is -2.36. The number of piperidine rings is 1. The number of para-hydroxylation sites is 1. The van der Waals surface area contributed by atoms with Gasteiger partial charge in [-0.2, -0.15) is 13.2 Å². The fraction of sp³-hybridized carbons (Fsp3) is 0.414. The molecular formula is C29H33F3N4O6S3. The summed E-state index contributed by atoms with van der Waals surface area (Å²) >= 11 is 2.85. The fourth-order valence-corrected chi connectivity index (χ4v) is 8.62. The maximum Gasteiger partial charge on any atom is 0.490 e. The molecule has 1 aromatic carbocycles. The number of carbonyl (C=O) groups excluding carboxylic acids is 1. The number of aromatic amines is 1. The summed E-state index contributed by atoms with van der Waals surface area (Å²) in [6.45, 7) is 8.55. The molecule has 244 valence electrons. The highest BCUT2D eigenvalue weighted by atomic mass is 32.2. The highest BCUT2D eigenvalue weighted by molar-refractivity contribution is 7.94. The number of benzene rings is 1. The molecule has 5 rings (SSSR count). The van der Waals surface area contributed by atoms with Gasteiger partial charge in [0.25, 0.3) is 10.0 Å². The first kappa shape index (κ1) is 34.4. The number of esters is 1. The molecule has 0 saturated carbocycles. The van der Waals surface area contributed by atoms with Gasteiger partial charge in [0.05, 0.1) is 29.4 Å². The Hall–Kier alpha value is -3.47. The van der Waals surface area contributed by atoms with Gasteiger partial charge in [0.2, 0.25) is 0 Å². The summed E-state index contributed by atoms with van der Waals surface area (Å²) in [6, 6.07) is 10.9. The number of fused-ring (bicyclic) bond motifs is 1. The summed E-state index contributed by atoms with van der Waals surface area (Å²) in [5, 5.41) is 10.7. The van der Waals surface area contributed by atoms with Crippen LogP contribution in [0.4, 0.5) is 18.9 Å². The van der Waals surface area contributed by atoms with Crippen molar-refractivity contribution in [1.29, 1.82) is 0 Å². The summed E-state index contributed by atoms with van der Waals surface area (Å²) in [4.78, 5) is 32.6. The molecule has 4 aromatic rings. The average molecular weight is 687 g/mol. The zero-order valence-electron chi connectivity index (χ0n) is 24.7. The van der Waals surface area contributed by atoms with Crippen LogP contribution < -0.4 is 4.31 Å². The third-order valence-electron chi connectivity index (χ3n) is 6.96. The number of sulfonamides is 1. The van der Waals surface area contributed by atoms with Crippen LogP contribution in [0.5, 0.6) is 0 Å². The number of thiazole rings is 1. The van der Waals surface area contributed by atoms with E-state index in [1.54, 1.807) is 28.8 Å². The number of aliphatic carboxylic acids is 1. The Morgan fingerprint density at radius 1 is 1.20 bits per heavy atom. The van der Waals surface area contributed by atoms with Crippen molar-refractivity contribution in [2.45, 2.75) is 56.6 Å². The van der Waals surface area contributed by atoms with Crippen molar-refractivity contribution in [2.24, 2.45) is 5.92 Å². The third-order valence-corrected chi connectivity index (χ3v) is 11.3. The van der Waals surface area contributed by atoms with E-state index in [1.165, 1.54) is 15.6 Å². The Balaban J connectivity index is 0.000000591. The number of hydrogen-bond donors (Lipinski definition) is 2. The van der Waals surface area contributed by atoms with Gasteiger partial charge >= 0.3 is 18.1 Å². The second-order valence-electron chi connectivity index (χ2n) is 10.5. The van der Waals surface area contributed by atoms with Crippen molar-refractivity contribution in [3.05, 3.63) is 52.9 Å². The first-order valence-electron chi connectivity index (χ1n) is 14.1. The van der Waals surface area contributed by atoms with E-state index >= 15 is 0 Å². The monoisotopic (exact) mass is 686 g/mol. The molecule has 1 fully saturated rings. The molecule has 0 amide bonds. The van der Waals surface area contributed by atoms with Crippen LogP contribution >= 0.6 is 22.7 Å². The second-order valence-corrected chi connectivity index (χ2v) is 14.6. The number of nitrogens with zero attached hydrogens (tertiary/aromatic N) is 3. The lowest BCUT2D eigenvalue weighted by Gasteiger charge is -2.30. The molecule has 10 nitrogen and oxygen atoms in total. The Labute approximate surface area is 266 Å². The Kier molecular flexibility index (Phi) is 10.9. The van der Waals surface area contributed by atoms with E-state index in [0.29, 0.717) is 16.5 Å². The van der Waals surface area contributed by atoms with E-state index in [2.05, 4.69) is 14.9 Å². The van der Waals surface area contributed by atoms with E-state index in [0.717, 1.165) is 59.0 Å². The molecule has 2 N–H and O–H groups in total. The molecule has 0 atom stereocenters. The normalized spacial score (nSPS) is 14.7. The maximum atomic E-state index is 13.5. The summed E-state index contributed by atoms with van der Waals surface area (Å²) in [5.41, 5.74) is 2.26. The molecule has 0 aliphatic carbocycles. The molecule has 1 aliphatic heterocycles. The molecule has 0 radical (unpaired) electrons. The smallest absolute Gasteiger partial charge is 0.475 e. The zero-order valence-corrected chi connectivity index (χ0v) is 27.2. The molecule has 0 spiro atoms. The minimum Gasteiger partial charge on any atom is -0.475 e. The average Bonchev–Trinajstić information content (AvgIpc) is 3.75. The van der Waals surface area contributed by atoms with Crippen LogP contribution in [0.2, 0.25) is 0 Å². The van der Waals surface area contributed by atoms with Gasteiger partial charge in [0, 0.05) is 29.0 Å². The minimum atomic E-state index is -5.08. The molecule has 4 heterocycles. The van der Waals surface area contributed by atoms with Crippen molar-refractivity contribution in [3.63, 3.8) is 0 Å². The van der Waals surface area contributed by atoms with E-state index < -0.39 is 22.2 Å². The van der Waals surface area contributed by atoms with Gasteiger partial charge in [0.15, 0.2) is 0 Å². The van der Waals surface area contributed by atoms with Crippen LogP contribution in [0, 0.1) is 5.92 Å². The SMILES string of the molecule is CCOC(=O)C1CCN(Cc2cnc(-c3cc4cccc(N(C(C)C)S(=O)(=O)c5cccs5)c4[nH]3)s2)CC1.O=C(O)C(F)(F)F. The second kappa shape index (κ2) is 14.3. The molecule has 0 unspecified atom stereocenters. The van der Waals surface area contributed by atoms with Crippen LogP contribution in [-0.4, -0.2) is 72.2 Å². The summed E-state index contributed by atoms with van der Waals surface area (Å²) < 4.78 is 65.8. The van der Waals surface area contributed by atoms with E-state index in [-0.39, 0.29) is 17.9 Å². The lowest BCUT2D eigenvalue weighted by molar-refractivity contribution is -0.192. The van der Waals surface area contributed by atoms with Gasteiger partial charge in [-0.05, 0) is 70.3 Å². The topological polar surface area (TPSA) is 133 Å². The van der Waals surface area contributed by atoms with Gasteiger partial charge in [-0.25, -0.2) is 18.2 Å². The number of likely N-dealkylation sites (tertiary alicyclic amines) is 1. The number of rotatable bonds is 9. The molecule has 0 bridgehead atoms. The maximum absolute atomic E-state index is 13.5. The van der Waals surface area contributed by atoms with Crippen LogP contribution in [0.25, 0.3) is 21.6 Å². The van der Waals surface area contributed by atoms with Gasteiger partial charge < -0.3 is 14.8 Å². The van der Waals surface area contributed by atoms with Crippen molar-refractivity contribution >= 4 is 61.2 Å². The van der Waals surface area contributed by atoms with Crippen LogP contribution in [0.15, 0.2) is 52.2 Å². The number of aromatic nitrogens is 2. The van der Waals surface area contributed by atoms with Gasteiger partial charge in [-0.1, -0.05) is 18.2 Å². The predicted octanol–water partition coefficient (Wildman–Crippen LogP) is 6.37. The first-order chi connectivity index (χ1) is 21.2. The van der Waals surface area contributed by atoms with Crippen molar-refractivity contribution < 1.29 is 41.0 Å². The lowest BCUT2D eigenvalue weighted by atomic mass is 9.97. The van der Waals surface area contributed by atoms with Crippen molar-refractivity contribution in [2.75, 3.05) is 24.0 Å². The Morgan fingerprint density at radius 2 is 1.89 bits per heavy atom. The number of carbonyl (C=O) groups is 2. The first-order valence-corrected chi connectivity index (χ1v) is 17.2. The van der Waals surface area contributed by atoms with E-state index in [4.69, 9.17) is 14.6 Å². The number of carboxylic acid groups (broad SMARTS) is 1. The number of ether oxygens (including phenoxy) is 1. The molecule has 45 heavy (non-hydrogen) atoms. The van der Waals surface area contributed by atoms with Crippen molar-refractivity contribution in [1.82, 2.24) is 14.9 Å². The quantitative estimate of drug-likeness (QED) is 0.194. The number of halogens is 3. The number of alkyl halides is 3. The third kappa shape index (κ3) is 8.23. The van der Waals surface area contributed by atoms with Gasteiger partial charge in [-0.3, -0.25) is 14.0 Å². The van der Waals surface area contributed by atoms with Gasteiger partial charge in [-0.15, -0.1) is 22.7 Å². The molecular weight excluding hydrogens is 654 g/mol. The Bertz CT molecular complexity index is 1710. The number of carboxylic acids is 1. The van der Waals surface area contributed by atoms with Crippen LogP contribution in [0.1, 0.15) is 38.5 Å². The largest absolute Gasteiger partial charge is 0.490 e. The fourth-order valence-electron chi connectivity index (χ4n) is 4.94. The number of thiophene rings is 1. The van der Waals surface area contributed by atoms with Crippen molar-refractivity contribution in [3.8, 4) is 10.7 Å². The number of anilines is 1. The number of hydrogen-bond acceptors (Lipinski definition) is 9. The predicted molar refractivity (Wildman–Crippen MR) is 167 cm³/mol. The summed E-state index contributed by atoms with van der Waals surface area (Å²) in [6.07, 6.45) is -1.54.